The number of nitrogen functional groups attached to an aromatic ring is 1. The van der Waals surface area contributed by atoms with E-state index in [9.17, 15) is 4.79 Å². The summed E-state index contributed by atoms with van der Waals surface area (Å²) in [5.41, 5.74) is 7.04. The van der Waals surface area contributed by atoms with E-state index in [1.165, 1.54) is 0 Å². The van der Waals surface area contributed by atoms with Gasteiger partial charge in [-0.3, -0.25) is 0 Å². The fourth-order valence-corrected chi connectivity index (χ4v) is 2.06. The molecular formula is C14H19N5O2. The van der Waals surface area contributed by atoms with Crippen LogP contribution in [0.1, 0.15) is 41.7 Å². The first-order valence-corrected chi connectivity index (χ1v) is 6.87. The fraction of sp³-hybridized carbons (Fsp3) is 0.429. The summed E-state index contributed by atoms with van der Waals surface area (Å²) >= 11 is 0. The van der Waals surface area contributed by atoms with Crippen molar-refractivity contribution in [1.82, 2.24) is 19.5 Å². The van der Waals surface area contributed by atoms with E-state index in [4.69, 9.17) is 10.5 Å². The number of hydrogen-bond donors (Lipinski definition) is 1. The van der Waals surface area contributed by atoms with Gasteiger partial charge in [0.25, 0.3) is 0 Å². The lowest BCUT2D eigenvalue weighted by atomic mass is 10.3. The Morgan fingerprint density at radius 3 is 2.76 bits per heavy atom. The van der Waals surface area contributed by atoms with Gasteiger partial charge >= 0.3 is 5.97 Å². The van der Waals surface area contributed by atoms with Gasteiger partial charge in [-0.2, -0.15) is 0 Å². The van der Waals surface area contributed by atoms with Gasteiger partial charge in [-0.05, 0) is 19.9 Å². The molecule has 0 aromatic carbocycles. The quantitative estimate of drug-likeness (QED) is 0.835. The van der Waals surface area contributed by atoms with Gasteiger partial charge in [0.15, 0.2) is 5.69 Å². The van der Waals surface area contributed by atoms with E-state index < -0.39 is 5.97 Å². The number of nitrogens with two attached hydrogens (primary N) is 1. The lowest BCUT2D eigenvalue weighted by molar-refractivity contribution is 0.0521. The van der Waals surface area contributed by atoms with Crippen molar-refractivity contribution in [1.29, 1.82) is 0 Å². The second-order valence-corrected chi connectivity index (χ2v) is 4.52. The number of anilines is 1. The summed E-state index contributed by atoms with van der Waals surface area (Å²) in [6, 6.07) is 1.82. The third-order valence-electron chi connectivity index (χ3n) is 3.02. The molecule has 2 heterocycles. The van der Waals surface area contributed by atoms with Crippen LogP contribution in [0.15, 0.2) is 12.3 Å². The minimum Gasteiger partial charge on any atom is -0.461 e. The molecule has 0 spiro atoms. The number of hydrogen-bond acceptors (Lipinski definition) is 6. The summed E-state index contributed by atoms with van der Waals surface area (Å²) in [6.07, 6.45) is 2.36. The first-order chi connectivity index (χ1) is 10.1. The van der Waals surface area contributed by atoms with Crippen molar-refractivity contribution >= 4 is 11.8 Å². The zero-order valence-electron chi connectivity index (χ0n) is 12.5. The van der Waals surface area contributed by atoms with Crippen molar-refractivity contribution in [2.45, 2.75) is 33.7 Å². The molecule has 21 heavy (non-hydrogen) atoms. The zero-order chi connectivity index (χ0) is 15.4. The monoisotopic (exact) mass is 289 g/mol. The highest BCUT2D eigenvalue weighted by molar-refractivity contribution is 5.92. The van der Waals surface area contributed by atoms with Crippen LogP contribution in [0.5, 0.6) is 0 Å². The lowest BCUT2D eigenvalue weighted by Crippen LogP contribution is -2.12. The molecule has 2 aromatic rings. The maximum absolute atomic E-state index is 11.8. The van der Waals surface area contributed by atoms with Crippen LogP contribution in [-0.2, 0) is 17.7 Å². The number of imidazole rings is 1. The molecule has 0 fully saturated rings. The minimum absolute atomic E-state index is 0.166. The number of esters is 1. The Hall–Kier alpha value is -2.44. The summed E-state index contributed by atoms with van der Waals surface area (Å²) < 4.78 is 6.76. The van der Waals surface area contributed by atoms with E-state index >= 15 is 0 Å². The Balaban J connectivity index is 2.36. The highest BCUT2D eigenvalue weighted by atomic mass is 16.5. The number of aromatic nitrogens is 4. The maximum Gasteiger partial charge on any atom is 0.360 e. The van der Waals surface area contributed by atoms with Crippen LogP contribution in [0.25, 0.3) is 0 Å². The van der Waals surface area contributed by atoms with Crippen molar-refractivity contribution < 1.29 is 9.53 Å². The molecule has 0 atom stereocenters. The van der Waals surface area contributed by atoms with Crippen LogP contribution in [-0.4, -0.2) is 32.1 Å². The normalized spacial score (nSPS) is 10.6. The Morgan fingerprint density at radius 2 is 2.14 bits per heavy atom. The van der Waals surface area contributed by atoms with Crippen molar-refractivity contribution in [3.05, 3.63) is 35.3 Å². The number of rotatable bonds is 5. The van der Waals surface area contributed by atoms with Crippen LogP contribution >= 0.6 is 0 Å². The van der Waals surface area contributed by atoms with Gasteiger partial charge in [-0.15, -0.1) is 0 Å². The van der Waals surface area contributed by atoms with Gasteiger partial charge in [0.05, 0.1) is 18.8 Å². The second kappa shape index (κ2) is 6.34. The predicted molar refractivity (Wildman–Crippen MR) is 77.8 cm³/mol. The topological polar surface area (TPSA) is 95.9 Å². The molecule has 0 saturated carbocycles. The fourth-order valence-electron chi connectivity index (χ4n) is 2.06. The standard InChI is InChI=1S/C14H19N5O2/c1-4-11-18-12(14(20)21-5-2)13(15)19(11)8-10-6-7-16-9(3)17-10/h6-7H,4-5,8,15H2,1-3H3. The van der Waals surface area contributed by atoms with Crippen LogP contribution in [0.3, 0.4) is 0 Å². The SMILES string of the molecule is CCOC(=O)c1nc(CC)n(Cc2ccnc(C)n2)c1N. The maximum atomic E-state index is 11.8. The van der Waals surface area contributed by atoms with Gasteiger partial charge in [-0.1, -0.05) is 6.92 Å². The Labute approximate surface area is 123 Å². The summed E-state index contributed by atoms with van der Waals surface area (Å²) in [5.74, 6) is 1.23. The Morgan fingerprint density at radius 1 is 1.38 bits per heavy atom. The Bertz CT molecular complexity index is 651. The largest absolute Gasteiger partial charge is 0.461 e. The number of carbonyl (C=O) groups is 1. The number of nitrogens with zero attached hydrogens (tertiary/aromatic N) is 4. The predicted octanol–water partition coefficient (Wildman–Crippen LogP) is 1.35. The van der Waals surface area contributed by atoms with Crippen LogP contribution in [0.4, 0.5) is 5.82 Å². The molecule has 0 unspecified atom stereocenters. The van der Waals surface area contributed by atoms with Crippen LogP contribution in [0, 0.1) is 6.92 Å². The molecule has 0 aliphatic heterocycles. The molecule has 7 nitrogen and oxygen atoms in total. The summed E-state index contributed by atoms with van der Waals surface area (Å²) in [6.45, 7) is 6.27. The third-order valence-corrected chi connectivity index (χ3v) is 3.02. The average molecular weight is 289 g/mol. The van der Waals surface area contributed by atoms with E-state index in [2.05, 4.69) is 15.0 Å². The molecule has 0 saturated heterocycles. The summed E-state index contributed by atoms with van der Waals surface area (Å²) in [7, 11) is 0. The van der Waals surface area contributed by atoms with E-state index in [0.29, 0.717) is 24.6 Å². The van der Waals surface area contributed by atoms with E-state index in [0.717, 1.165) is 11.5 Å². The summed E-state index contributed by atoms with van der Waals surface area (Å²) in [5, 5.41) is 0. The third kappa shape index (κ3) is 3.18. The molecule has 7 heteroatoms. The molecule has 2 N–H and O–H groups in total. The van der Waals surface area contributed by atoms with Crippen molar-refractivity contribution in [3.8, 4) is 0 Å². The van der Waals surface area contributed by atoms with Gasteiger partial charge in [-0.25, -0.2) is 19.7 Å². The molecule has 112 valence electrons. The van der Waals surface area contributed by atoms with E-state index in [1.807, 2.05) is 19.9 Å². The Kier molecular flexibility index (Phi) is 4.52. The van der Waals surface area contributed by atoms with E-state index in [1.54, 1.807) is 17.7 Å². The molecule has 2 aromatic heterocycles. The molecule has 0 radical (unpaired) electrons. The van der Waals surface area contributed by atoms with Crippen molar-refractivity contribution in [3.63, 3.8) is 0 Å². The molecule has 0 amide bonds. The van der Waals surface area contributed by atoms with Crippen LogP contribution < -0.4 is 5.73 Å². The average Bonchev–Trinajstić information content (AvgIpc) is 2.76. The molecule has 2 rings (SSSR count). The van der Waals surface area contributed by atoms with Gasteiger partial charge in [0.1, 0.15) is 17.5 Å². The van der Waals surface area contributed by atoms with Crippen molar-refractivity contribution in [2.24, 2.45) is 0 Å². The first kappa shape index (κ1) is 15.0. The smallest absolute Gasteiger partial charge is 0.360 e. The van der Waals surface area contributed by atoms with Crippen LogP contribution in [0.2, 0.25) is 0 Å². The molecule has 0 aliphatic rings. The second-order valence-electron chi connectivity index (χ2n) is 4.52. The highest BCUT2D eigenvalue weighted by Gasteiger charge is 2.21. The number of aryl methyl sites for hydroxylation is 2. The lowest BCUT2D eigenvalue weighted by Gasteiger charge is -2.08. The molecule has 0 aliphatic carbocycles. The molecule has 0 bridgehead atoms. The van der Waals surface area contributed by atoms with Gasteiger partial charge < -0.3 is 15.0 Å². The highest BCUT2D eigenvalue weighted by Crippen LogP contribution is 2.18. The van der Waals surface area contributed by atoms with E-state index in [-0.39, 0.29) is 12.3 Å². The summed E-state index contributed by atoms with van der Waals surface area (Å²) in [4.78, 5) is 24.5. The number of ether oxygens (including phenoxy) is 1. The number of carbonyl (C=O) groups excluding carboxylic acids is 1. The minimum atomic E-state index is -0.498. The van der Waals surface area contributed by atoms with Crippen molar-refractivity contribution in [2.75, 3.05) is 12.3 Å². The zero-order valence-corrected chi connectivity index (χ0v) is 12.5. The first-order valence-electron chi connectivity index (χ1n) is 6.87. The van der Waals surface area contributed by atoms with Gasteiger partial charge in [0, 0.05) is 12.6 Å². The molecular weight excluding hydrogens is 270 g/mol. The van der Waals surface area contributed by atoms with Gasteiger partial charge in [0.2, 0.25) is 0 Å².